The van der Waals surface area contributed by atoms with E-state index in [1.54, 1.807) is 23.5 Å². The predicted octanol–water partition coefficient (Wildman–Crippen LogP) is 4.77. The van der Waals surface area contributed by atoms with Gasteiger partial charge in [0.05, 0.1) is 21.6 Å². The van der Waals surface area contributed by atoms with Crippen LogP contribution in [0.4, 0.5) is 4.39 Å². The molecule has 0 aliphatic carbocycles. The first-order valence-electron chi connectivity index (χ1n) is 8.38. The average Bonchev–Trinajstić information content (AvgIpc) is 3.32. The van der Waals surface area contributed by atoms with Gasteiger partial charge in [-0.05, 0) is 36.4 Å². The molecule has 27 heavy (non-hydrogen) atoms. The van der Waals surface area contributed by atoms with E-state index in [2.05, 4.69) is 9.97 Å². The van der Waals surface area contributed by atoms with Gasteiger partial charge in [-0.25, -0.2) is 14.4 Å². The second-order valence-electron chi connectivity index (χ2n) is 5.89. The third kappa shape index (κ3) is 4.20. The summed E-state index contributed by atoms with van der Waals surface area (Å²) in [5.41, 5.74) is 2.11. The van der Waals surface area contributed by atoms with E-state index < -0.39 is 0 Å². The van der Waals surface area contributed by atoms with Gasteiger partial charge in [0, 0.05) is 12.0 Å². The summed E-state index contributed by atoms with van der Waals surface area (Å²) < 4.78 is 24.7. The van der Waals surface area contributed by atoms with Crippen LogP contribution in [0.15, 0.2) is 59.2 Å². The SMILES string of the molecule is O=C(CCc1nc2ccccc2s1)OCc1coc(-c2ccc(F)cc2)n1. The van der Waals surface area contributed by atoms with Crippen LogP contribution in [0.2, 0.25) is 0 Å². The van der Waals surface area contributed by atoms with Crippen LogP contribution in [0.25, 0.3) is 21.7 Å². The maximum absolute atomic E-state index is 13.0. The maximum atomic E-state index is 13.0. The zero-order valence-electron chi connectivity index (χ0n) is 14.2. The highest BCUT2D eigenvalue weighted by molar-refractivity contribution is 7.18. The lowest BCUT2D eigenvalue weighted by molar-refractivity contribution is -0.145. The van der Waals surface area contributed by atoms with Gasteiger partial charge in [0.2, 0.25) is 5.89 Å². The number of carbonyl (C=O) groups excluding carboxylic acids is 1. The molecule has 0 saturated carbocycles. The van der Waals surface area contributed by atoms with E-state index in [1.807, 2.05) is 24.3 Å². The molecular weight excluding hydrogens is 367 g/mol. The molecule has 7 heteroatoms. The van der Waals surface area contributed by atoms with Gasteiger partial charge >= 0.3 is 5.97 Å². The third-order valence-electron chi connectivity index (χ3n) is 3.91. The lowest BCUT2D eigenvalue weighted by atomic mass is 10.2. The Bertz CT molecular complexity index is 1040. The molecule has 0 aliphatic heterocycles. The number of para-hydroxylation sites is 1. The van der Waals surface area contributed by atoms with Crippen molar-refractivity contribution in [3.05, 3.63) is 71.3 Å². The first kappa shape index (κ1) is 17.4. The number of oxazole rings is 1. The Balaban J connectivity index is 1.29. The third-order valence-corrected chi connectivity index (χ3v) is 5.00. The van der Waals surface area contributed by atoms with Gasteiger partial charge in [-0.3, -0.25) is 4.79 Å². The van der Waals surface area contributed by atoms with Gasteiger partial charge in [-0.15, -0.1) is 11.3 Å². The Morgan fingerprint density at radius 3 is 2.74 bits per heavy atom. The van der Waals surface area contributed by atoms with E-state index in [0.29, 0.717) is 23.6 Å². The number of thiazole rings is 1. The molecule has 0 N–H and O–H groups in total. The van der Waals surface area contributed by atoms with Crippen molar-refractivity contribution in [3.8, 4) is 11.5 Å². The summed E-state index contributed by atoms with van der Waals surface area (Å²) in [6, 6.07) is 13.7. The van der Waals surface area contributed by atoms with E-state index in [9.17, 15) is 9.18 Å². The van der Waals surface area contributed by atoms with Crippen molar-refractivity contribution >= 4 is 27.5 Å². The van der Waals surface area contributed by atoms with E-state index in [1.165, 1.54) is 18.4 Å². The fraction of sp³-hybridized carbons (Fsp3) is 0.150. The first-order chi connectivity index (χ1) is 13.2. The highest BCUT2D eigenvalue weighted by Gasteiger charge is 2.11. The smallest absolute Gasteiger partial charge is 0.306 e. The van der Waals surface area contributed by atoms with Crippen LogP contribution in [0.3, 0.4) is 0 Å². The number of halogens is 1. The van der Waals surface area contributed by atoms with Crippen LogP contribution >= 0.6 is 11.3 Å². The van der Waals surface area contributed by atoms with Crippen molar-refractivity contribution in [1.82, 2.24) is 9.97 Å². The van der Waals surface area contributed by atoms with Crippen molar-refractivity contribution in [2.75, 3.05) is 0 Å². The van der Waals surface area contributed by atoms with Crippen molar-refractivity contribution < 1.29 is 18.3 Å². The summed E-state index contributed by atoms with van der Waals surface area (Å²) in [6.45, 7) is 0.0311. The summed E-state index contributed by atoms with van der Waals surface area (Å²) in [4.78, 5) is 20.7. The molecule has 0 atom stereocenters. The number of fused-ring (bicyclic) bond motifs is 1. The number of benzene rings is 2. The molecule has 2 heterocycles. The normalized spacial score (nSPS) is 11.0. The number of nitrogens with zero attached hydrogens (tertiary/aromatic N) is 2. The molecule has 0 radical (unpaired) electrons. The van der Waals surface area contributed by atoms with Gasteiger partial charge in [-0.2, -0.15) is 0 Å². The fourth-order valence-corrected chi connectivity index (χ4v) is 3.53. The van der Waals surface area contributed by atoms with Crippen LogP contribution in [-0.4, -0.2) is 15.9 Å². The summed E-state index contributed by atoms with van der Waals surface area (Å²) in [5, 5.41) is 0.910. The molecule has 0 spiro atoms. The van der Waals surface area contributed by atoms with Crippen LogP contribution < -0.4 is 0 Å². The van der Waals surface area contributed by atoms with Gasteiger partial charge in [-0.1, -0.05) is 12.1 Å². The van der Waals surface area contributed by atoms with Gasteiger partial charge < -0.3 is 9.15 Å². The number of carbonyl (C=O) groups is 1. The summed E-state index contributed by atoms with van der Waals surface area (Å²) in [7, 11) is 0. The van der Waals surface area contributed by atoms with Crippen molar-refractivity contribution in [1.29, 1.82) is 0 Å². The second-order valence-corrected chi connectivity index (χ2v) is 7.00. The fourth-order valence-electron chi connectivity index (χ4n) is 2.56. The van der Waals surface area contributed by atoms with Crippen LogP contribution in [0, 0.1) is 5.82 Å². The molecular formula is C20H15FN2O3S. The Hall–Kier alpha value is -3.06. The number of aryl methyl sites for hydroxylation is 1. The van der Waals surface area contributed by atoms with E-state index in [0.717, 1.165) is 15.2 Å². The summed E-state index contributed by atoms with van der Waals surface area (Å²) in [5.74, 6) is -0.288. The van der Waals surface area contributed by atoms with E-state index >= 15 is 0 Å². The standard InChI is InChI=1S/C20H15FN2O3S/c21-14-7-5-13(6-8-14)20-22-15(12-26-20)11-25-19(24)10-9-18-23-16-3-1-2-4-17(16)27-18/h1-8,12H,9-11H2. The molecule has 0 fully saturated rings. The van der Waals surface area contributed by atoms with Gasteiger partial charge in [0.1, 0.15) is 24.4 Å². The van der Waals surface area contributed by atoms with E-state index in [4.69, 9.17) is 9.15 Å². The summed E-state index contributed by atoms with van der Waals surface area (Å²) in [6.07, 6.45) is 2.22. The number of aromatic nitrogens is 2. The maximum Gasteiger partial charge on any atom is 0.306 e. The number of rotatable bonds is 6. The van der Waals surface area contributed by atoms with E-state index in [-0.39, 0.29) is 24.8 Å². The number of hydrogen-bond donors (Lipinski definition) is 0. The minimum Gasteiger partial charge on any atom is -0.459 e. The minimum atomic E-state index is -0.326. The number of hydrogen-bond acceptors (Lipinski definition) is 6. The molecule has 0 aliphatic rings. The second kappa shape index (κ2) is 7.67. The predicted molar refractivity (Wildman–Crippen MR) is 99.6 cm³/mol. The zero-order valence-corrected chi connectivity index (χ0v) is 15.0. The summed E-state index contributed by atoms with van der Waals surface area (Å²) >= 11 is 1.58. The van der Waals surface area contributed by atoms with Crippen LogP contribution in [0.5, 0.6) is 0 Å². The monoisotopic (exact) mass is 382 g/mol. The molecule has 136 valence electrons. The lowest BCUT2D eigenvalue weighted by Gasteiger charge is -2.01. The first-order valence-corrected chi connectivity index (χ1v) is 9.19. The van der Waals surface area contributed by atoms with Crippen molar-refractivity contribution in [3.63, 3.8) is 0 Å². The molecule has 0 bridgehead atoms. The largest absolute Gasteiger partial charge is 0.459 e. The molecule has 2 aromatic carbocycles. The molecule has 0 amide bonds. The molecule has 2 aromatic heterocycles. The topological polar surface area (TPSA) is 65.2 Å². The lowest BCUT2D eigenvalue weighted by Crippen LogP contribution is -2.06. The minimum absolute atomic E-state index is 0.0311. The Morgan fingerprint density at radius 1 is 1.11 bits per heavy atom. The zero-order chi connectivity index (χ0) is 18.6. The Labute approximate surface area is 158 Å². The molecule has 5 nitrogen and oxygen atoms in total. The van der Waals surface area contributed by atoms with Crippen molar-refractivity contribution in [2.24, 2.45) is 0 Å². The quantitative estimate of drug-likeness (QED) is 0.450. The number of esters is 1. The highest BCUT2D eigenvalue weighted by Crippen LogP contribution is 2.23. The molecule has 0 saturated heterocycles. The van der Waals surface area contributed by atoms with Gasteiger partial charge in [0.25, 0.3) is 0 Å². The molecule has 4 aromatic rings. The highest BCUT2D eigenvalue weighted by atomic mass is 32.1. The van der Waals surface area contributed by atoms with Crippen LogP contribution in [0.1, 0.15) is 17.1 Å². The van der Waals surface area contributed by atoms with Gasteiger partial charge in [0.15, 0.2) is 0 Å². The average molecular weight is 382 g/mol. The Kier molecular flexibility index (Phi) is 4.93. The van der Waals surface area contributed by atoms with Crippen molar-refractivity contribution in [2.45, 2.75) is 19.4 Å². The number of ether oxygens (including phenoxy) is 1. The van der Waals surface area contributed by atoms with Crippen LogP contribution in [-0.2, 0) is 22.6 Å². The Morgan fingerprint density at radius 2 is 1.93 bits per heavy atom. The molecule has 4 rings (SSSR count). The molecule has 0 unspecified atom stereocenters.